The van der Waals surface area contributed by atoms with Crippen molar-refractivity contribution in [2.24, 2.45) is 5.73 Å². The van der Waals surface area contributed by atoms with Crippen molar-refractivity contribution in [2.45, 2.75) is 44.0 Å². The fourth-order valence-electron chi connectivity index (χ4n) is 3.78. The van der Waals surface area contributed by atoms with Gasteiger partial charge in [-0.1, -0.05) is 24.3 Å². The third-order valence-electron chi connectivity index (χ3n) is 5.58. The van der Waals surface area contributed by atoms with E-state index in [9.17, 15) is 27.2 Å². The third-order valence-corrected chi connectivity index (χ3v) is 5.58. The molecule has 2 aromatic carbocycles. The Balaban J connectivity index is 1.85. The van der Waals surface area contributed by atoms with Crippen molar-refractivity contribution in [3.8, 4) is 0 Å². The highest BCUT2D eigenvalue weighted by Gasteiger charge is 2.43. The first-order valence-electron chi connectivity index (χ1n) is 9.73. The van der Waals surface area contributed by atoms with Crippen LogP contribution >= 0.6 is 0 Å². The van der Waals surface area contributed by atoms with Gasteiger partial charge < -0.3 is 15.4 Å². The van der Waals surface area contributed by atoms with Gasteiger partial charge in [0.15, 0.2) is 0 Å². The van der Waals surface area contributed by atoms with Gasteiger partial charge >= 0.3 is 12.3 Å². The van der Waals surface area contributed by atoms with Crippen molar-refractivity contribution in [1.29, 1.82) is 0 Å². The number of benzene rings is 2. The van der Waals surface area contributed by atoms with E-state index in [2.05, 4.69) is 0 Å². The summed E-state index contributed by atoms with van der Waals surface area (Å²) in [6.07, 6.45) is -4.89. The van der Waals surface area contributed by atoms with E-state index in [0.29, 0.717) is 11.1 Å². The Labute approximate surface area is 176 Å². The molecule has 166 valence electrons. The van der Waals surface area contributed by atoms with E-state index in [1.54, 1.807) is 6.92 Å². The zero-order valence-electron chi connectivity index (χ0n) is 16.8. The highest BCUT2D eigenvalue weighted by molar-refractivity contribution is 5.74. The topological polar surface area (TPSA) is 72.6 Å². The highest BCUT2D eigenvalue weighted by atomic mass is 19.4. The van der Waals surface area contributed by atoms with Gasteiger partial charge in [0.05, 0.1) is 11.6 Å². The van der Waals surface area contributed by atoms with Crippen LogP contribution in [0.1, 0.15) is 48.9 Å². The summed E-state index contributed by atoms with van der Waals surface area (Å²) in [5.74, 6) is -1.03. The van der Waals surface area contributed by atoms with Crippen LogP contribution in [0.5, 0.6) is 0 Å². The summed E-state index contributed by atoms with van der Waals surface area (Å²) in [5, 5.41) is 0. The molecule has 2 atom stereocenters. The summed E-state index contributed by atoms with van der Waals surface area (Å²) >= 11 is 0. The smallest absolute Gasteiger partial charge is 0.416 e. The van der Waals surface area contributed by atoms with Crippen molar-refractivity contribution in [3.05, 3.63) is 71.0 Å². The predicted octanol–water partition coefficient (Wildman–Crippen LogP) is 4.91. The molecule has 2 aromatic rings. The maximum absolute atomic E-state index is 13.4. The standard InChI is InChI=1S/C22H22F4N2O3/c1-14(15-3-2-4-17(13-15)22(24,25)26)28-12-11-21(31-20(28)30,10-9-19(27)29)16-5-7-18(23)8-6-16/h2-8,13-14H,9-12H2,1H3,(H2,27,29)/t14-,21-/m0/s1. The Morgan fingerprint density at radius 2 is 1.90 bits per heavy atom. The molecule has 1 heterocycles. The summed E-state index contributed by atoms with van der Waals surface area (Å²) in [6, 6.07) is 9.53. The van der Waals surface area contributed by atoms with E-state index in [1.807, 2.05) is 0 Å². The molecule has 0 aromatic heterocycles. The monoisotopic (exact) mass is 438 g/mol. The van der Waals surface area contributed by atoms with Crippen LogP contribution in [0.3, 0.4) is 0 Å². The van der Waals surface area contributed by atoms with E-state index in [1.165, 1.54) is 41.3 Å². The number of alkyl halides is 3. The van der Waals surface area contributed by atoms with E-state index < -0.39 is 41.2 Å². The zero-order valence-corrected chi connectivity index (χ0v) is 16.8. The fraction of sp³-hybridized carbons (Fsp3) is 0.364. The Morgan fingerprint density at radius 3 is 2.48 bits per heavy atom. The fourth-order valence-corrected chi connectivity index (χ4v) is 3.78. The average Bonchev–Trinajstić information content (AvgIpc) is 2.72. The van der Waals surface area contributed by atoms with Gasteiger partial charge in [-0.25, -0.2) is 9.18 Å². The van der Waals surface area contributed by atoms with Crippen molar-refractivity contribution >= 4 is 12.0 Å². The number of nitrogens with two attached hydrogens (primary N) is 1. The van der Waals surface area contributed by atoms with E-state index in [4.69, 9.17) is 10.5 Å². The SMILES string of the molecule is C[C@@H](c1cccc(C(F)(F)F)c1)N1CC[C@@](CCC(N)=O)(c2ccc(F)cc2)OC1=O. The number of nitrogens with zero attached hydrogens (tertiary/aromatic N) is 1. The number of carbonyl (C=O) groups excluding carboxylic acids is 2. The molecule has 0 spiro atoms. The number of cyclic esters (lactones) is 1. The molecule has 1 saturated heterocycles. The largest absolute Gasteiger partial charge is 0.438 e. The molecule has 3 rings (SSSR count). The maximum Gasteiger partial charge on any atom is 0.416 e. The first kappa shape index (κ1) is 22.6. The lowest BCUT2D eigenvalue weighted by Crippen LogP contribution is -2.49. The number of halogens is 4. The van der Waals surface area contributed by atoms with Gasteiger partial charge in [-0.3, -0.25) is 4.79 Å². The van der Waals surface area contributed by atoms with Gasteiger partial charge in [-0.2, -0.15) is 13.2 Å². The first-order chi connectivity index (χ1) is 14.5. The van der Waals surface area contributed by atoms with Gasteiger partial charge in [-0.15, -0.1) is 0 Å². The Hall–Kier alpha value is -3.10. The van der Waals surface area contributed by atoms with Gasteiger partial charge in [0.25, 0.3) is 0 Å². The lowest BCUT2D eigenvalue weighted by Gasteiger charge is -2.43. The maximum atomic E-state index is 13.4. The normalized spacial score (nSPS) is 20.3. The van der Waals surface area contributed by atoms with Crippen LogP contribution in [-0.2, 0) is 21.3 Å². The molecule has 0 bridgehead atoms. The van der Waals surface area contributed by atoms with Crippen LogP contribution < -0.4 is 5.73 Å². The Morgan fingerprint density at radius 1 is 1.23 bits per heavy atom. The van der Waals surface area contributed by atoms with Crippen LogP contribution in [0.2, 0.25) is 0 Å². The minimum atomic E-state index is -4.50. The van der Waals surface area contributed by atoms with Crippen molar-refractivity contribution in [3.63, 3.8) is 0 Å². The van der Waals surface area contributed by atoms with E-state index >= 15 is 0 Å². The van der Waals surface area contributed by atoms with Crippen LogP contribution in [-0.4, -0.2) is 23.4 Å². The van der Waals surface area contributed by atoms with E-state index in [0.717, 1.165) is 12.1 Å². The quantitative estimate of drug-likeness (QED) is 0.652. The average molecular weight is 438 g/mol. The second-order valence-electron chi connectivity index (χ2n) is 7.58. The molecule has 0 unspecified atom stereocenters. The van der Waals surface area contributed by atoms with Gasteiger partial charge in [0, 0.05) is 25.8 Å². The molecule has 0 aliphatic carbocycles. The molecule has 1 aliphatic heterocycles. The second-order valence-corrected chi connectivity index (χ2v) is 7.58. The number of primary amides is 1. The minimum Gasteiger partial charge on any atom is -0.438 e. The number of hydrogen-bond donors (Lipinski definition) is 1. The van der Waals surface area contributed by atoms with Crippen molar-refractivity contribution in [1.82, 2.24) is 4.90 Å². The molecular weight excluding hydrogens is 416 g/mol. The van der Waals surface area contributed by atoms with Crippen LogP contribution in [0.25, 0.3) is 0 Å². The summed E-state index contributed by atoms with van der Waals surface area (Å²) in [5.41, 5.74) is 4.13. The van der Waals surface area contributed by atoms with Gasteiger partial charge in [-0.05, 0) is 42.3 Å². The van der Waals surface area contributed by atoms with E-state index in [-0.39, 0.29) is 25.8 Å². The molecule has 1 aliphatic rings. The Bertz CT molecular complexity index is 962. The number of ether oxygens (including phenoxy) is 1. The number of carbonyl (C=O) groups is 2. The van der Waals surface area contributed by atoms with Crippen LogP contribution in [0, 0.1) is 5.82 Å². The molecule has 1 fully saturated rings. The van der Waals surface area contributed by atoms with Crippen LogP contribution in [0.4, 0.5) is 22.4 Å². The number of rotatable bonds is 6. The molecule has 0 saturated carbocycles. The molecular formula is C22H22F4N2O3. The molecule has 2 amide bonds. The molecule has 2 N–H and O–H groups in total. The Kier molecular flexibility index (Phi) is 6.24. The zero-order chi connectivity index (χ0) is 22.8. The summed E-state index contributed by atoms with van der Waals surface area (Å²) in [4.78, 5) is 25.6. The summed E-state index contributed by atoms with van der Waals surface area (Å²) in [7, 11) is 0. The molecule has 5 nitrogen and oxygen atoms in total. The number of amides is 2. The lowest BCUT2D eigenvalue weighted by atomic mass is 9.84. The van der Waals surface area contributed by atoms with Crippen molar-refractivity contribution in [2.75, 3.05) is 6.54 Å². The lowest BCUT2D eigenvalue weighted by molar-refractivity contribution is -0.137. The highest BCUT2D eigenvalue weighted by Crippen LogP contribution is 2.41. The van der Waals surface area contributed by atoms with Gasteiger partial charge in [0.2, 0.25) is 5.91 Å². The predicted molar refractivity (Wildman–Crippen MR) is 104 cm³/mol. The summed E-state index contributed by atoms with van der Waals surface area (Å²) in [6.45, 7) is 1.79. The van der Waals surface area contributed by atoms with Crippen molar-refractivity contribution < 1.29 is 31.9 Å². The second kappa shape index (κ2) is 8.56. The minimum absolute atomic E-state index is 0.0478. The van der Waals surface area contributed by atoms with Crippen LogP contribution in [0.15, 0.2) is 48.5 Å². The molecule has 0 radical (unpaired) electrons. The first-order valence-corrected chi connectivity index (χ1v) is 9.73. The molecule has 31 heavy (non-hydrogen) atoms. The molecule has 9 heteroatoms. The number of hydrogen-bond acceptors (Lipinski definition) is 3. The third kappa shape index (κ3) is 4.98. The van der Waals surface area contributed by atoms with Gasteiger partial charge in [0.1, 0.15) is 11.4 Å². The summed E-state index contributed by atoms with van der Waals surface area (Å²) < 4.78 is 58.3.